The second kappa shape index (κ2) is 17.7. The summed E-state index contributed by atoms with van der Waals surface area (Å²) in [6, 6.07) is 35.7. The molecule has 2 aliphatic heterocycles. The van der Waals surface area contributed by atoms with Gasteiger partial charge in [0.2, 0.25) is 20.0 Å². The van der Waals surface area contributed by atoms with Crippen molar-refractivity contribution in [3.8, 4) is 44.5 Å². The maximum atomic E-state index is 13.3. The average molecular weight is 947 g/mol. The Hall–Kier alpha value is -7.90. The van der Waals surface area contributed by atoms with E-state index in [2.05, 4.69) is 9.97 Å². The molecule has 2 aliphatic rings. The van der Waals surface area contributed by atoms with E-state index in [4.69, 9.17) is 9.97 Å². The molecule has 9 rings (SSSR count). The molecule has 0 radical (unpaired) electrons. The van der Waals surface area contributed by atoms with E-state index in [0.29, 0.717) is 56.1 Å². The van der Waals surface area contributed by atoms with Crippen LogP contribution >= 0.6 is 0 Å². The van der Waals surface area contributed by atoms with Crippen LogP contribution in [0.15, 0.2) is 121 Å². The number of H-pyrrole nitrogens is 2. The lowest BCUT2D eigenvalue weighted by Crippen LogP contribution is -2.24. The molecule has 4 aromatic carbocycles. The fourth-order valence-electron chi connectivity index (χ4n) is 8.35. The summed E-state index contributed by atoms with van der Waals surface area (Å²) in [5.74, 6) is -1.30. The predicted octanol–water partition coefficient (Wildman–Crippen LogP) is 9.92. The summed E-state index contributed by atoms with van der Waals surface area (Å²) in [6.45, 7) is 0. The normalized spacial score (nSPS) is 12.6. The minimum atomic E-state index is -3.96. The van der Waals surface area contributed by atoms with E-state index in [1.807, 2.05) is 97.1 Å². The van der Waals surface area contributed by atoms with Crippen LogP contribution in [0.5, 0.6) is 0 Å². The van der Waals surface area contributed by atoms with Crippen molar-refractivity contribution in [2.45, 2.75) is 11.5 Å². The van der Waals surface area contributed by atoms with Gasteiger partial charge < -0.3 is 9.97 Å². The summed E-state index contributed by atoms with van der Waals surface area (Å²) in [5, 5.41) is 24.7. The van der Waals surface area contributed by atoms with E-state index >= 15 is 0 Å². The average Bonchev–Trinajstić information content (AvgIpc) is 4.15. The summed E-state index contributed by atoms with van der Waals surface area (Å²) in [5.41, 5.74) is 8.86. The highest BCUT2D eigenvalue weighted by atomic mass is 32.2. The molecule has 5 heterocycles. The Bertz CT molecular complexity index is 3440. The lowest BCUT2D eigenvalue weighted by molar-refractivity contribution is -0.385. The molecule has 342 valence electrons. The molecule has 0 unspecified atom stereocenters. The first-order chi connectivity index (χ1) is 32.5. The van der Waals surface area contributed by atoms with Gasteiger partial charge in [-0.05, 0) is 95.1 Å². The topological polar surface area (TPSA) is 218 Å². The van der Waals surface area contributed by atoms with Gasteiger partial charge in [0.1, 0.15) is 0 Å². The third-order valence-electron chi connectivity index (χ3n) is 11.8. The molecule has 7 aromatic rings. The standard InChI is InChI=1S/C50H42N8O8S2/c1-55(2)67(63,64)29-35-27-33(15-25-45(35)57(59)60)49-41-21-19-39(52-41)47(31-11-7-5-8-12-31)37-17-18-38(51-37)48(32-13-9-6-10-14-32)40-20-22-42(53-40)50(44-24-23-43(49)54-44)34-16-26-46(58(61)62)36(28-34)30-68(65,66)56(3)4/h5-28,51,54H,29-30H2,1-4H3. The molecule has 0 fully saturated rings. The Labute approximate surface area is 391 Å². The van der Waals surface area contributed by atoms with Crippen LogP contribution < -0.4 is 0 Å². The van der Waals surface area contributed by atoms with Gasteiger partial charge >= 0.3 is 0 Å². The first kappa shape index (κ1) is 45.3. The Morgan fingerprint density at radius 2 is 0.765 bits per heavy atom. The van der Waals surface area contributed by atoms with E-state index in [0.717, 1.165) is 41.9 Å². The Balaban J connectivity index is 1.44. The molecule has 0 spiro atoms. The summed E-state index contributed by atoms with van der Waals surface area (Å²) in [4.78, 5) is 41.1. The monoisotopic (exact) mass is 946 g/mol. The van der Waals surface area contributed by atoms with Gasteiger partial charge in [0.05, 0.1) is 44.1 Å². The van der Waals surface area contributed by atoms with E-state index in [-0.39, 0.29) is 22.5 Å². The zero-order valence-electron chi connectivity index (χ0n) is 37.0. The summed E-state index contributed by atoms with van der Waals surface area (Å²) in [6.07, 6.45) is 7.43. The second-order valence-corrected chi connectivity index (χ2v) is 20.9. The molecular weight excluding hydrogens is 905 g/mol. The smallest absolute Gasteiger partial charge is 0.273 e. The second-order valence-electron chi connectivity index (χ2n) is 16.5. The minimum absolute atomic E-state index is 0.0350. The molecule has 0 saturated heterocycles. The number of sulfonamides is 2. The van der Waals surface area contributed by atoms with Crippen LogP contribution in [0.2, 0.25) is 0 Å². The van der Waals surface area contributed by atoms with Gasteiger partial charge in [-0.1, -0.05) is 60.7 Å². The summed E-state index contributed by atoms with van der Waals surface area (Å²) >= 11 is 0. The Morgan fingerprint density at radius 1 is 0.456 bits per heavy atom. The van der Waals surface area contributed by atoms with E-state index < -0.39 is 41.4 Å². The molecule has 68 heavy (non-hydrogen) atoms. The van der Waals surface area contributed by atoms with Crippen molar-refractivity contribution in [1.29, 1.82) is 0 Å². The van der Waals surface area contributed by atoms with Crippen molar-refractivity contribution in [2.24, 2.45) is 0 Å². The number of nitrogens with one attached hydrogen (secondary N) is 2. The van der Waals surface area contributed by atoms with Gasteiger partial charge in [0.15, 0.2) is 0 Å². The lowest BCUT2D eigenvalue weighted by Gasteiger charge is -2.13. The first-order valence-corrected chi connectivity index (χ1v) is 24.3. The SMILES string of the molecule is CN(C)S(=O)(=O)Cc1cc(-c2c3nc(c(-c4ccccc4)c4ccc([nH]4)c(-c4ccccc4)c4nc(c(-c5ccc([N+](=O)[O-])c(CS(=O)(=O)N(C)C)c5)c5ccc2[nH]5)C=C4)C=C3)ccc1[N+](=O)[O-]. The number of hydrogen-bond donors (Lipinski definition) is 2. The molecule has 8 bridgehead atoms. The third-order valence-corrected chi connectivity index (χ3v) is 15.4. The Morgan fingerprint density at radius 3 is 1.06 bits per heavy atom. The highest BCUT2D eigenvalue weighted by Gasteiger charge is 2.27. The van der Waals surface area contributed by atoms with E-state index in [1.54, 1.807) is 24.3 Å². The van der Waals surface area contributed by atoms with E-state index in [1.165, 1.54) is 52.5 Å². The number of benzene rings is 4. The predicted molar refractivity (Wildman–Crippen MR) is 267 cm³/mol. The number of aromatic amines is 2. The molecule has 0 aliphatic carbocycles. The highest BCUT2D eigenvalue weighted by molar-refractivity contribution is 7.88. The van der Waals surface area contributed by atoms with Gasteiger partial charge in [0, 0.05) is 95.8 Å². The molecule has 16 nitrogen and oxygen atoms in total. The molecule has 0 atom stereocenters. The summed E-state index contributed by atoms with van der Waals surface area (Å²) in [7, 11) is -2.48. The number of rotatable bonds is 12. The zero-order valence-corrected chi connectivity index (χ0v) is 38.7. The van der Waals surface area contributed by atoms with Crippen LogP contribution in [0.1, 0.15) is 33.9 Å². The number of nitro benzene ring substituents is 2. The lowest BCUT2D eigenvalue weighted by atomic mass is 10.0. The summed E-state index contributed by atoms with van der Waals surface area (Å²) < 4.78 is 55.1. The number of aromatic nitrogens is 4. The van der Waals surface area contributed by atoms with Crippen molar-refractivity contribution in [3.05, 3.63) is 175 Å². The molecule has 3 aromatic heterocycles. The van der Waals surface area contributed by atoms with Crippen molar-refractivity contribution in [1.82, 2.24) is 28.5 Å². The van der Waals surface area contributed by atoms with Crippen molar-refractivity contribution in [3.63, 3.8) is 0 Å². The molecule has 0 amide bonds. The maximum Gasteiger partial charge on any atom is 0.273 e. The number of fused-ring (bicyclic) bond motifs is 8. The highest BCUT2D eigenvalue weighted by Crippen LogP contribution is 2.40. The van der Waals surface area contributed by atoms with Crippen LogP contribution in [-0.4, -0.2) is 83.4 Å². The van der Waals surface area contributed by atoms with Crippen molar-refractivity contribution < 1.29 is 26.7 Å². The van der Waals surface area contributed by atoms with Gasteiger partial charge in [-0.3, -0.25) is 20.2 Å². The van der Waals surface area contributed by atoms with Crippen LogP contribution in [0, 0.1) is 20.2 Å². The fourth-order valence-corrected chi connectivity index (χ4v) is 10.1. The van der Waals surface area contributed by atoms with Crippen molar-refractivity contribution in [2.75, 3.05) is 28.2 Å². The number of nitro groups is 2. The largest absolute Gasteiger partial charge is 0.354 e. The molecule has 0 saturated carbocycles. The van der Waals surface area contributed by atoms with Gasteiger partial charge in [-0.25, -0.2) is 35.4 Å². The molecule has 2 N–H and O–H groups in total. The molecule has 18 heteroatoms. The zero-order chi connectivity index (χ0) is 48.1. The fraction of sp³-hybridized carbons (Fsp3) is 0.120. The number of hydrogen-bond acceptors (Lipinski definition) is 10. The quantitative estimate of drug-likeness (QED) is 0.0872. The van der Waals surface area contributed by atoms with Gasteiger partial charge in [-0.2, -0.15) is 0 Å². The first-order valence-electron chi connectivity index (χ1n) is 21.1. The van der Waals surface area contributed by atoms with Crippen LogP contribution in [0.3, 0.4) is 0 Å². The van der Waals surface area contributed by atoms with Crippen LogP contribution in [0.25, 0.3) is 90.9 Å². The van der Waals surface area contributed by atoms with Crippen LogP contribution in [-0.2, 0) is 31.6 Å². The number of nitrogens with zero attached hydrogens (tertiary/aromatic N) is 6. The minimum Gasteiger partial charge on any atom is -0.354 e. The van der Waals surface area contributed by atoms with E-state index in [9.17, 15) is 37.1 Å². The Kier molecular flexibility index (Phi) is 11.8. The van der Waals surface area contributed by atoms with Crippen LogP contribution in [0.4, 0.5) is 11.4 Å². The third kappa shape index (κ3) is 8.64. The van der Waals surface area contributed by atoms with Gasteiger partial charge in [-0.15, -0.1) is 0 Å². The van der Waals surface area contributed by atoms with Crippen molar-refractivity contribution >= 4 is 77.8 Å². The van der Waals surface area contributed by atoms with Gasteiger partial charge in [0.25, 0.3) is 11.4 Å². The maximum absolute atomic E-state index is 13.3. The molecular formula is C50H42N8O8S2.